The van der Waals surface area contributed by atoms with Gasteiger partial charge < -0.3 is 9.94 Å². The summed E-state index contributed by atoms with van der Waals surface area (Å²) in [6.07, 6.45) is 1.78. The van der Waals surface area contributed by atoms with Gasteiger partial charge in [-0.1, -0.05) is 19.0 Å². The maximum absolute atomic E-state index is 8.83. The molecule has 100 valence electrons. The fourth-order valence-corrected chi connectivity index (χ4v) is 2.18. The molecular formula is C14H21NO2S. The molecule has 0 unspecified atom stereocenters. The first kappa shape index (κ1) is 14.9. The van der Waals surface area contributed by atoms with Crippen LogP contribution in [-0.2, 0) is 0 Å². The third-order valence-electron chi connectivity index (χ3n) is 2.55. The Bertz CT molecular complexity index is 363. The third-order valence-corrected chi connectivity index (χ3v) is 3.53. The van der Waals surface area contributed by atoms with Crippen LogP contribution in [0, 0.1) is 0 Å². The van der Waals surface area contributed by atoms with Gasteiger partial charge in [0.15, 0.2) is 0 Å². The first-order valence-electron chi connectivity index (χ1n) is 6.33. The van der Waals surface area contributed by atoms with E-state index in [2.05, 4.69) is 12.1 Å². The van der Waals surface area contributed by atoms with Crippen LogP contribution in [0.1, 0.15) is 32.3 Å². The Hall–Kier alpha value is -1.16. The summed E-state index contributed by atoms with van der Waals surface area (Å²) in [5.41, 5.74) is 1.63. The molecule has 0 spiro atoms. The highest BCUT2D eigenvalue weighted by molar-refractivity contribution is 7.99. The number of oxime groups is 1. The Morgan fingerprint density at radius 1 is 1.28 bits per heavy atom. The summed E-state index contributed by atoms with van der Waals surface area (Å²) in [5, 5.41) is 12.1. The predicted molar refractivity (Wildman–Crippen MR) is 78.2 cm³/mol. The van der Waals surface area contributed by atoms with E-state index in [-0.39, 0.29) is 0 Å². The monoisotopic (exact) mass is 267 g/mol. The van der Waals surface area contributed by atoms with E-state index in [0.717, 1.165) is 35.8 Å². The Morgan fingerprint density at radius 2 is 2.00 bits per heavy atom. The SMILES string of the molecule is CCSCCCOc1ccc(/C(CC)=N/O)cc1. The Labute approximate surface area is 113 Å². The second-order valence-electron chi connectivity index (χ2n) is 3.82. The minimum absolute atomic E-state index is 0.695. The first-order chi connectivity index (χ1) is 8.81. The van der Waals surface area contributed by atoms with Crippen molar-refractivity contribution in [3.8, 4) is 5.75 Å². The third kappa shape index (κ3) is 5.00. The van der Waals surface area contributed by atoms with E-state index in [1.807, 2.05) is 43.0 Å². The number of benzene rings is 1. The highest BCUT2D eigenvalue weighted by Gasteiger charge is 2.02. The molecule has 18 heavy (non-hydrogen) atoms. The molecule has 0 heterocycles. The minimum atomic E-state index is 0.695. The van der Waals surface area contributed by atoms with Gasteiger partial charge >= 0.3 is 0 Å². The molecule has 1 N–H and O–H groups in total. The van der Waals surface area contributed by atoms with Gasteiger partial charge in [-0.05, 0) is 54.2 Å². The van der Waals surface area contributed by atoms with Crippen molar-refractivity contribution >= 4 is 17.5 Å². The topological polar surface area (TPSA) is 41.8 Å². The molecule has 0 aliphatic rings. The van der Waals surface area contributed by atoms with E-state index in [0.29, 0.717) is 12.1 Å². The molecule has 0 saturated carbocycles. The second-order valence-corrected chi connectivity index (χ2v) is 5.22. The van der Waals surface area contributed by atoms with Crippen LogP contribution in [0.4, 0.5) is 0 Å². The lowest BCUT2D eigenvalue weighted by Crippen LogP contribution is -2.01. The van der Waals surface area contributed by atoms with Crippen molar-refractivity contribution in [3.63, 3.8) is 0 Å². The molecule has 1 aromatic rings. The number of ether oxygens (including phenoxy) is 1. The Kier molecular flexibility index (Phi) is 7.34. The van der Waals surface area contributed by atoms with Gasteiger partial charge in [-0.2, -0.15) is 11.8 Å². The average Bonchev–Trinajstić information content (AvgIpc) is 2.41. The van der Waals surface area contributed by atoms with Gasteiger partial charge in [-0.25, -0.2) is 0 Å². The first-order valence-corrected chi connectivity index (χ1v) is 7.49. The normalized spacial score (nSPS) is 11.6. The molecule has 0 amide bonds. The van der Waals surface area contributed by atoms with Crippen LogP contribution in [0.2, 0.25) is 0 Å². The zero-order valence-corrected chi connectivity index (χ0v) is 11.9. The minimum Gasteiger partial charge on any atom is -0.494 e. The van der Waals surface area contributed by atoms with Crippen LogP contribution in [0.5, 0.6) is 5.75 Å². The largest absolute Gasteiger partial charge is 0.494 e. The zero-order valence-electron chi connectivity index (χ0n) is 11.1. The van der Waals surface area contributed by atoms with Crippen molar-refractivity contribution < 1.29 is 9.94 Å². The number of hydrogen-bond donors (Lipinski definition) is 1. The van der Waals surface area contributed by atoms with Crippen LogP contribution >= 0.6 is 11.8 Å². The predicted octanol–water partition coefficient (Wildman–Crippen LogP) is 3.80. The van der Waals surface area contributed by atoms with Crippen LogP contribution in [-0.4, -0.2) is 29.0 Å². The maximum atomic E-state index is 8.83. The van der Waals surface area contributed by atoms with E-state index >= 15 is 0 Å². The van der Waals surface area contributed by atoms with Gasteiger partial charge in [0, 0.05) is 0 Å². The molecule has 0 bridgehead atoms. The highest BCUT2D eigenvalue weighted by atomic mass is 32.2. The van der Waals surface area contributed by atoms with Gasteiger partial charge in [0.1, 0.15) is 5.75 Å². The molecule has 0 radical (unpaired) electrons. The van der Waals surface area contributed by atoms with Crippen molar-refractivity contribution in [2.45, 2.75) is 26.7 Å². The summed E-state index contributed by atoms with van der Waals surface area (Å²) >= 11 is 1.93. The molecule has 1 rings (SSSR count). The lowest BCUT2D eigenvalue weighted by atomic mass is 10.1. The molecule has 0 aliphatic carbocycles. The van der Waals surface area contributed by atoms with Gasteiger partial charge in [0.2, 0.25) is 0 Å². The summed E-state index contributed by atoms with van der Waals surface area (Å²) in [6, 6.07) is 7.69. The summed E-state index contributed by atoms with van der Waals surface area (Å²) in [4.78, 5) is 0. The molecule has 0 aliphatic heterocycles. The smallest absolute Gasteiger partial charge is 0.119 e. The molecule has 4 heteroatoms. The average molecular weight is 267 g/mol. The molecule has 0 saturated heterocycles. The van der Waals surface area contributed by atoms with E-state index in [1.165, 1.54) is 0 Å². The van der Waals surface area contributed by atoms with Gasteiger partial charge in [0.25, 0.3) is 0 Å². The standard InChI is InChI=1S/C14H21NO2S/c1-3-14(15-16)12-6-8-13(9-7-12)17-10-5-11-18-4-2/h6-9,16H,3-5,10-11H2,1-2H3/b15-14+. The molecule has 3 nitrogen and oxygen atoms in total. The summed E-state index contributed by atoms with van der Waals surface area (Å²) in [5.74, 6) is 3.18. The fraction of sp³-hybridized carbons (Fsp3) is 0.500. The number of nitrogens with zero attached hydrogens (tertiary/aromatic N) is 1. The Morgan fingerprint density at radius 3 is 2.56 bits per heavy atom. The van der Waals surface area contributed by atoms with Crippen molar-refractivity contribution in [2.75, 3.05) is 18.1 Å². The van der Waals surface area contributed by atoms with E-state index in [9.17, 15) is 0 Å². The number of rotatable bonds is 8. The Balaban J connectivity index is 2.41. The van der Waals surface area contributed by atoms with Crippen LogP contribution in [0.25, 0.3) is 0 Å². The van der Waals surface area contributed by atoms with Crippen LogP contribution < -0.4 is 4.74 Å². The van der Waals surface area contributed by atoms with E-state index in [1.54, 1.807) is 0 Å². The van der Waals surface area contributed by atoms with Gasteiger partial charge in [0.05, 0.1) is 12.3 Å². The summed E-state index contributed by atoms with van der Waals surface area (Å²) in [6.45, 7) is 4.88. The van der Waals surface area contributed by atoms with Gasteiger partial charge in [-0.15, -0.1) is 0 Å². The van der Waals surface area contributed by atoms with Crippen molar-refractivity contribution in [1.82, 2.24) is 0 Å². The van der Waals surface area contributed by atoms with Gasteiger partial charge in [-0.3, -0.25) is 0 Å². The second kappa shape index (κ2) is 8.86. The molecule has 0 fully saturated rings. The summed E-state index contributed by atoms with van der Waals surface area (Å²) in [7, 11) is 0. The van der Waals surface area contributed by atoms with Crippen molar-refractivity contribution in [2.24, 2.45) is 5.16 Å². The van der Waals surface area contributed by atoms with Crippen molar-refractivity contribution in [1.29, 1.82) is 0 Å². The number of hydrogen-bond acceptors (Lipinski definition) is 4. The van der Waals surface area contributed by atoms with Crippen molar-refractivity contribution in [3.05, 3.63) is 29.8 Å². The molecule has 0 aromatic heterocycles. The van der Waals surface area contributed by atoms with Crippen LogP contribution in [0.3, 0.4) is 0 Å². The van der Waals surface area contributed by atoms with E-state index < -0.39 is 0 Å². The molecule has 0 atom stereocenters. The van der Waals surface area contributed by atoms with Crippen LogP contribution in [0.15, 0.2) is 29.4 Å². The molecular weight excluding hydrogens is 246 g/mol. The lowest BCUT2D eigenvalue weighted by molar-refractivity contribution is 0.317. The fourth-order valence-electron chi connectivity index (χ4n) is 1.57. The van der Waals surface area contributed by atoms with E-state index in [4.69, 9.17) is 9.94 Å². The lowest BCUT2D eigenvalue weighted by Gasteiger charge is -2.07. The number of thioether (sulfide) groups is 1. The summed E-state index contributed by atoms with van der Waals surface area (Å²) < 4.78 is 5.64. The highest BCUT2D eigenvalue weighted by Crippen LogP contribution is 2.14. The molecule has 1 aromatic carbocycles. The zero-order chi connectivity index (χ0) is 13.2. The maximum Gasteiger partial charge on any atom is 0.119 e. The quantitative estimate of drug-likeness (QED) is 0.337.